The van der Waals surface area contributed by atoms with Crippen LogP contribution in [0.25, 0.3) is 21.3 Å². The van der Waals surface area contributed by atoms with Crippen LogP contribution in [0.4, 0.5) is 4.39 Å². The summed E-state index contributed by atoms with van der Waals surface area (Å²) in [5.41, 5.74) is 0.617. The maximum atomic E-state index is 14.3. The highest BCUT2D eigenvalue weighted by Gasteiger charge is 2.19. The molecule has 1 atom stereocenters. The minimum absolute atomic E-state index is 0.126. The van der Waals surface area contributed by atoms with Crippen molar-refractivity contribution >= 4 is 21.6 Å². The van der Waals surface area contributed by atoms with Gasteiger partial charge in [0, 0.05) is 29.6 Å². The van der Waals surface area contributed by atoms with Crippen LogP contribution in [0.3, 0.4) is 0 Å². The Morgan fingerprint density at radius 2 is 1.81 bits per heavy atom. The number of aromatic nitrogens is 2. The molecule has 2 aromatic carbocycles. The molecule has 36 heavy (non-hydrogen) atoms. The van der Waals surface area contributed by atoms with Gasteiger partial charge in [-0.3, -0.25) is 9.69 Å². The molecule has 0 aliphatic rings. The Morgan fingerprint density at radius 1 is 1.08 bits per heavy atom. The number of aliphatic hydroxyl groups is 1. The zero-order valence-corrected chi connectivity index (χ0v) is 21.3. The van der Waals surface area contributed by atoms with Gasteiger partial charge in [-0.25, -0.2) is 9.37 Å². The van der Waals surface area contributed by atoms with E-state index in [1.165, 1.54) is 17.4 Å². The minimum atomic E-state index is -0.740. The predicted molar refractivity (Wildman–Crippen MR) is 140 cm³/mol. The van der Waals surface area contributed by atoms with Crippen molar-refractivity contribution in [2.45, 2.75) is 26.5 Å². The summed E-state index contributed by atoms with van der Waals surface area (Å²) in [6.45, 7) is 5.71. The Labute approximate surface area is 213 Å². The molecule has 0 bridgehead atoms. The first kappa shape index (κ1) is 25.8. The van der Waals surface area contributed by atoms with E-state index in [0.717, 1.165) is 5.75 Å². The number of H-pyrrole nitrogens is 1. The van der Waals surface area contributed by atoms with Crippen molar-refractivity contribution in [3.05, 3.63) is 75.9 Å². The average Bonchev–Trinajstić information content (AvgIpc) is 3.27. The van der Waals surface area contributed by atoms with Crippen molar-refractivity contribution in [3.63, 3.8) is 0 Å². The summed E-state index contributed by atoms with van der Waals surface area (Å²) in [5, 5.41) is 12.8. The second kappa shape index (κ2) is 11.6. The van der Waals surface area contributed by atoms with Crippen LogP contribution in [0.1, 0.15) is 19.7 Å². The second-order valence-electron chi connectivity index (χ2n) is 9.05. The molecule has 0 radical (unpaired) electrons. The van der Waals surface area contributed by atoms with E-state index in [-0.39, 0.29) is 18.0 Å². The number of nitrogens with zero attached hydrogens (tertiary/aromatic N) is 2. The molecular weight excluding hydrogens is 481 g/mol. The summed E-state index contributed by atoms with van der Waals surface area (Å²) in [4.78, 5) is 23.1. The van der Waals surface area contributed by atoms with Gasteiger partial charge in [-0.1, -0.05) is 32.0 Å². The minimum Gasteiger partial charge on any atom is -0.497 e. The molecule has 0 spiro atoms. The van der Waals surface area contributed by atoms with Gasteiger partial charge in [0.05, 0.1) is 19.0 Å². The van der Waals surface area contributed by atoms with Gasteiger partial charge in [-0.2, -0.15) is 0 Å². The molecule has 4 rings (SSSR count). The third-order valence-electron chi connectivity index (χ3n) is 5.62. The molecule has 0 fully saturated rings. The monoisotopic (exact) mass is 511 g/mol. The van der Waals surface area contributed by atoms with Crippen molar-refractivity contribution < 1.29 is 19.0 Å². The fourth-order valence-electron chi connectivity index (χ4n) is 4.09. The van der Waals surface area contributed by atoms with E-state index in [1.54, 1.807) is 55.0 Å². The van der Waals surface area contributed by atoms with Crippen LogP contribution in [-0.4, -0.2) is 52.9 Å². The smallest absolute Gasteiger partial charge is 0.260 e. The van der Waals surface area contributed by atoms with E-state index in [0.29, 0.717) is 58.5 Å². The molecule has 9 heteroatoms. The third-order valence-corrected chi connectivity index (χ3v) is 6.50. The molecule has 190 valence electrons. The maximum Gasteiger partial charge on any atom is 0.260 e. The fraction of sp³-hybridized carbons (Fsp3) is 0.333. The van der Waals surface area contributed by atoms with Gasteiger partial charge >= 0.3 is 0 Å². The van der Waals surface area contributed by atoms with Crippen LogP contribution in [0.15, 0.2) is 58.7 Å². The molecule has 1 unspecified atom stereocenters. The molecular formula is C27H30FN3O4S. The van der Waals surface area contributed by atoms with Crippen molar-refractivity contribution in [1.29, 1.82) is 0 Å². The first-order valence-electron chi connectivity index (χ1n) is 11.8. The summed E-state index contributed by atoms with van der Waals surface area (Å²) < 4.78 is 25.2. The van der Waals surface area contributed by atoms with Crippen LogP contribution in [0, 0.1) is 11.7 Å². The van der Waals surface area contributed by atoms with Gasteiger partial charge < -0.3 is 19.6 Å². The zero-order chi connectivity index (χ0) is 25.7. The zero-order valence-electron chi connectivity index (χ0n) is 20.5. The summed E-state index contributed by atoms with van der Waals surface area (Å²) in [7, 11) is 1.60. The molecule has 0 saturated heterocycles. The number of thiophene rings is 1. The van der Waals surface area contributed by atoms with Gasteiger partial charge in [0.25, 0.3) is 5.56 Å². The van der Waals surface area contributed by atoms with Gasteiger partial charge in [0.2, 0.25) is 0 Å². The second-order valence-corrected chi connectivity index (χ2v) is 9.91. The number of fused-ring (bicyclic) bond motifs is 1. The van der Waals surface area contributed by atoms with Crippen molar-refractivity contribution in [1.82, 2.24) is 14.9 Å². The topological polar surface area (TPSA) is 87.7 Å². The SMILES string of the molecule is COc1ccc(OCC(O)CN(Cc2nc3scc(-c4ccccc4F)c3c(=O)[nH]2)CC(C)C)cc1. The van der Waals surface area contributed by atoms with E-state index < -0.39 is 6.10 Å². The van der Waals surface area contributed by atoms with Crippen LogP contribution >= 0.6 is 11.3 Å². The Balaban J connectivity index is 1.47. The number of methoxy groups -OCH3 is 1. The molecule has 4 aromatic rings. The van der Waals surface area contributed by atoms with Crippen molar-refractivity contribution in [2.75, 3.05) is 26.8 Å². The first-order chi connectivity index (χ1) is 17.3. The van der Waals surface area contributed by atoms with Crippen LogP contribution in [0.2, 0.25) is 0 Å². The van der Waals surface area contributed by atoms with Crippen LogP contribution in [-0.2, 0) is 6.54 Å². The molecule has 0 saturated carbocycles. The number of nitrogens with one attached hydrogen (secondary N) is 1. The largest absolute Gasteiger partial charge is 0.497 e. The van der Waals surface area contributed by atoms with Crippen molar-refractivity contribution in [3.8, 4) is 22.6 Å². The van der Waals surface area contributed by atoms with Crippen LogP contribution in [0.5, 0.6) is 11.5 Å². The first-order valence-corrected chi connectivity index (χ1v) is 12.6. The third kappa shape index (κ3) is 6.29. The Morgan fingerprint density at radius 3 is 2.50 bits per heavy atom. The molecule has 7 nitrogen and oxygen atoms in total. The Hall–Kier alpha value is -3.27. The lowest BCUT2D eigenvalue weighted by molar-refractivity contribution is 0.0606. The summed E-state index contributed by atoms with van der Waals surface area (Å²) in [5.74, 6) is 1.83. The quantitative estimate of drug-likeness (QED) is 0.304. The molecule has 0 aliphatic heterocycles. The van der Waals surface area contributed by atoms with E-state index in [1.807, 2.05) is 4.90 Å². The number of ether oxygens (including phenoxy) is 2. The van der Waals surface area contributed by atoms with Gasteiger partial charge in [0.1, 0.15) is 40.7 Å². The number of hydrogen-bond acceptors (Lipinski definition) is 7. The normalized spacial score (nSPS) is 12.4. The van der Waals surface area contributed by atoms with E-state index in [4.69, 9.17) is 9.47 Å². The Kier molecular flexibility index (Phi) is 8.35. The number of halogens is 1. The molecule has 0 aliphatic carbocycles. The standard InChI is InChI=1S/C27H30FN3O4S/c1-17(2)12-31(13-18(32)15-35-20-10-8-19(34-3)9-11-20)14-24-29-26(33)25-22(16-36-27(25)30-24)21-6-4-5-7-23(21)28/h4-11,16-18,32H,12-15H2,1-3H3,(H,29,30,33). The number of rotatable bonds is 11. The fourth-order valence-corrected chi connectivity index (χ4v) is 5.05. The summed E-state index contributed by atoms with van der Waals surface area (Å²) >= 11 is 1.31. The van der Waals surface area contributed by atoms with Crippen molar-refractivity contribution in [2.24, 2.45) is 5.92 Å². The van der Waals surface area contributed by atoms with Gasteiger partial charge in [-0.05, 0) is 36.2 Å². The van der Waals surface area contributed by atoms with Crippen LogP contribution < -0.4 is 15.0 Å². The predicted octanol–water partition coefficient (Wildman–Crippen LogP) is 4.70. The molecule has 2 aromatic heterocycles. The summed E-state index contributed by atoms with van der Waals surface area (Å²) in [6, 6.07) is 13.6. The Bertz CT molecular complexity index is 1350. The lowest BCUT2D eigenvalue weighted by atomic mass is 10.1. The summed E-state index contributed by atoms with van der Waals surface area (Å²) in [6.07, 6.45) is -0.740. The van der Waals surface area contributed by atoms with E-state index in [9.17, 15) is 14.3 Å². The van der Waals surface area contributed by atoms with Gasteiger partial charge in [-0.15, -0.1) is 11.3 Å². The average molecular weight is 512 g/mol. The highest BCUT2D eigenvalue weighted by Crippen LogP contribution is 2.32. The number of hydrogen-bond donors (Lipinski definition) is 2. The lowest BCUT2D eigenvalue weighted by Crippen LogP contribution is -2.38. The molecule has 2 N–H and O–H groups in total. The van der Waals surface area contributed by atoms with E-state index in [2.05, 4.69) is 23.8 Å². The number of aliphatic hydroxyl groups excluding tert-OH is 1. The molecule has 2 heterocycles. The highest BCUT2D eigenvalue weighted by molar-refractivity contribution is 7.17. The van der Waals surface area contributed by atoms with Gasteiger partial charge in [0.15, 0.2) is 0 Å². The number of aromatic amines is 1. The van der Waals surface area contributed by atoms with E-state index >= 15 is 0 Å². The highest BCUT2D eigenvalue weighted by atomic mass is 32.1. The molecule has 0 amide bonds. The number of benzene rings is 2. The lowest BCUT2D eigenvalue weighted by Gasteiger charge is -2.26. The maximum absolute atomic E-state index is 14.3.